The number of esters is 1. The van der Waals surface area contributed by atoms with Crippen molar-refractivity contribution in [1.82, 2.24) is 4.72 Å². The molecule has 1 aliphatic heterocycles. The Balaban J connectivity index is 1.60. The van der Waals surface area contributed by atoms with Crippen LogP contribution in [-0.4, -0.2) is 26.9 Å². The van der Waals surface area contributed by atoms with E-state index >= 15 is 0 Å². The van der Waals surface area contributed by atoms with Crippen LogP contribution in [0.15, 0.2) is 91.3 Å². The van der Waals surface area contributed by atoms with Crippen molar-refractivity contribution in [3.05, 3.63) is 99.1 Å². The average Bonchev–Trinajstić information content (AvgIpc) is 3.41. The molecular weight excluding hydrogens is 560 g/mol. The van der Waals surface area contributed by atoms with Gasteiger partial charge in [0.15, 0.2) is 0 Å². The monoisotopic (exact) mass is 584 g/mol. The summed E-state index contributed by atoms with van der Waals surface area (Å²) in [4.78, 5) is 27.8. The van der Waals surface area contributed by atoms with Crippen LogP contribution in [-0.2, 0) is 30.9 Å². The Morgan fingerprint density at radius 3 is 2.38 bits per heavy atom. The molecule has 10 heteroatoms. The average molecular weight is 585 g/mol. The summed E-state index contributed by atoms with van der Waals surface area (Å²) in [5.41, 5.74) is 2.26. The highest BCUT2D eigenvalue weighted by molar-refractivity contribution is 9.10. The first-order chi connectivity index (χ1) is 17.6. The van der Waals surface area contributed by atoms with Gasteiger partial charge in [-0.05, 0) is 75.4 Å². The number of hydrogen-bond acceptors (Lipinski definition) is 6. The van der Waals surface area contributed by atoms with E-state index in [1.165, 1.54) is 23.1 Å². The van der Waals surface area contributed by atoms with Crippen molar-refractivity contribution in [1.29, 1.82) is 0 Å². The third-order valence-electron chi connectivity index (χ3n) is 5.70. The van der Waals surface area contributed by atoms with Crippen molar-refractivity contribution in [3.8, 4) is 0 Å². The van der Waals surface area contributed by atoms with Gasteiger partial charge in [-0.15, -0.1) is 0 Å². The lowest BCUT2D eigenvalue weighted by atomic mass is 10.1. The lowest BCUT2D eigenvalue weighted by Crippen LogP contribution is -2.24. The van der Waals surface area contributed by atoms with Gasteiger partial charge < -0.3 is 9.15 Å². The molecule has 1 aliphatic rings. The zero-order valence-electron chi connectivity index (χ0n) is 20.4. The second-order valence-corrected chi connectivity index (χ2v) is 11.0. The number of halogens is 1. The molecule has 2 heterocycles. The van der Waals surface area contributed by atoms with Gasteiger partial charge in [-0.3, -0.25) is 9.69 Å². The van der Waals surface area contributed by atoms with Gasteiger partial charge in [0.25, 0.3) is 5.91 Å². The molecule has 0 fully saturated rings. The molecule has 0 bridgehead atoms. The van der Waals surface area contributed by atoms with Gasteiger partial charge in [0.2, 0.25) is 10.0 Å². The fourth-order valence-electron chi connectivity index (χ4n) is 3.86. The summed E-state index contributed by atoms with van der Waals surface area (Å²) in [6.07, 6.45) is 1.47. The molecule has 0 saturated carbocycles. The summed E-state index contributed by atoms with van der Waals surface area (Å²) in [5, 5.41) is 0. The summed E-state index contributed by atoms with van der Waals surface area (Å²) in [7, 11) is -3.73. The maximum Gasteiger partial charge on any atom is 0.340 e. The summed E-state index contributed by atoms with van der Waals surface area (Å²) in [5.74, 6) is -0.381. The van der Waals surface area contributed by atoms with E-state index in [9.17, 15) is 18.0 Å². The lowest BCUT2D eigenvalue weighted by Gasteiger charge is -2.17. The third kappa shape index (κ3) is 5.76. The number of nitrogens with zero attached hydrogens (tertiary/aromatic N) is 1. The largest absolute Gasteiger partial charge is 0.462 e. The highest BCUT2D eigenvalue weighted by Gasteiger charge is 2.38. The summed E-state index contributed by atoms with van der Waals surface area (Å²) >= 11 is 3.38. The zero-order chi connectivity index (χ0) is 26.7. The van der Waals surface area contributed by atoms with E-state index in [0.29, 0.717) is 22.9 Å². The van der Waals surface area contributed by atoms with E-state index in [1.54, 1.807) is 62.4 Å². The number of carbonyl (C=O) groups is 2. The van der Waals surface area contributed by atoms with E-state index in [2.05, 4.69) is 20.7 Å². The number of nitrogens with one attached hydrogen (secondary N) is 1. The van der Waals surface area contributed by atoms with Crippen LogP contribution in [0.3, 0.4) is 0 Å². The van der Waals surface area contributed by atoms with Crippen molar-refractivity contribution in [2.24, 2.45) is 0 Å². The van der Waals surface area contributed by atoms with Gasteiger partial charge in [0.1, 0.15) is 11.5 Å². The first-order valence-electron chi connectivity index (χ1n) is 11.5. The van der Waals surface area contributed by atoms with Crippen LogP contribution in [0.5, 0.6) is 0 Å². The number of ether oxygens (including phenoxy) is 1. The molecule has 192 valence electrons. The van der Waals surface area contributed by atoms with E-state index in [4.69, 9.17) is 9.15 Å². The van der Waals surface area contributed by atoms with Gasteiger partial charge in [-0.1, -0.05) is 33.6 Å². The first kappa shape index (κ1) is 26.6. The molecule has 0 spiro atoms. The van der Waals surface area contributed by atoms with Crippen LogP contribution in [0.4, 0.5) is 5.69 Å². The Labute approximate surface area is 223 Å². The number of hydrogen-bond donors (Lipinski definition) is 1. The molecule has 1 aromatic heterocycles. The molecule has 8 nitrogen and oxygen atoms in total. The molecule has 0 unspecified atom stereocenters. The van der Waals surface area contributed by atoms with Crippen molar-refractivity contribution < 1.29 is 27.2 Å². The number of rotatable bonds is 8. The summed E-state index contributed by atoms with van der Waals surface area (Å²) in [6.45, 7) is 5.32. The standard InChI is InChI=1S/C27H25BrN2O6S/c1-4-35-27(32)25-18(3)30(20-9-7-19(28)8-10-20)26(31)24(25)15-21-11-12-22(36-21)16-29-37(33,34)23-13-5-17(2)6-14-23/h5-15,29H,4,16H2,1-3H3/b24-15+. The molecule has 37 heavy (non-hydrogen) atoms. The predicted molar refractivity (Wildman–Crippen MR) is 143 cm³/mol. The number of benzene rings is 2. The van der Waals surface area contributed by atoms with Crippen LogP contribution in [0, 0.1) is 6.92 Å². The smallest absolute Gasteiger partial charge is 0.340 e. The molecular formula is C27H25BrN2O6S. The van der Waals surface area contributed by atoms with Crippen molar-refractivity contribution in [2.75, 3.05) is 11.5 Å². The van der Waals surface area contributed by atoms with Gasteiger partial charge in [0.05, 0.1) is 29.2 Å². The Morgan fingerprint density at radius 1 is 1.05 bits per heavy atom. The molecule has 0 atom stereocenters. The fourth-order valence-corrected chi connectivity index (χ4v) is 5.12. The number of anilines is 1. The van der Waals surface area contributed by atoms with Crippen molar-refractivity contribution >= 4 is 49.6 Å². The molecule has 0 saturated heterocycles. The number of allylic oxidation sites excluding steroid dienone is 1. The van der Waals surface area contributed by atoms with Crippen molar-refractivity contribution in [2.45, 2.75) is 32.2 Å². The highest BCUT2D eigenvalue weighted by atomic mass is 79.9. The summed E-state index contributed by atoms with van der Waals surface area (Å²) in [6, 6.07) is 16.9. The highest BCUT2D eigenvalue weighted by Crippen LogP contribution is 2.36. The quantitative estimate of drug-likeness (QED) is 0.292. The van der Waals surface area contributed by atoms with E-state index in [0.717, 1.165) is 10.0 Å². The van der Waals surface area contributed by atoms with Crippen LogP contribution in [0.2, 0.25) is 0 Å². The van der Waals surface area contributed by atoms with Crippen LogP contribution < -0.4 is 9.62 Å². The number of carbonyl (C=O) groups excluding carboxylic acids is 2. The first-order valence-corrected chi connectivity index (χ1v) is 13.7. The molecule has 1 N–H and O–H groups in total. The maximum absolute atomic E-state index is 13.4. The second kappa shape index (κ2) is 10.9. The van der Waals surface area contributed by atoms with Gasteiger partial charge >= 0.3 is 5.97 Å². The Bertz CT molecular complexity index is 1500. The van der Waals surface area contributed by atoms with Crippen LogP contribution >= 0.6 is 15.9 Å². The van der Waals surface area contributed by atoms with Crippen LogP contribution in [0.1, 0.15) is 30.9 Å². The lowest BCUT2D eigenvalue weighted by molar-refractivity contribution is -0.138. The minimum atomic E-state index is -3.73. The van der Waals surface area contributed by atoms with Crippen LogP contribution in [0.25, 0.3) is 6.08 Å². The molecule has 4 rings (SSSR count). The maximum atomic E-state index is 13.4. The molecule has 3 aromatic rings. The van der Waals surface area contributed by atoms with Crippen molar-refractivity contribution in [3.63, 3.8) is 0 Å². The Hall–Kier alpha value is -3.47. The molecule has 0 radical (unpaired) electrons. The normalized spacial score (nSPS) is 15.1. The van der Waals surface area contributed by atoms with Gasteiger partial charge in [-0.2, -0.15) is 0 Å². The van der Waals surface area contributed by atoms with E-state index in [-0.39, 0.29) is 29.2 Å². The Morgan fingerprint density at radius 2 is 1.73 bits per heavy atom. The minimum absolute atomic E-state index is 0.0854. The minimum Gasteiger partial charge on any atom is -0.462 e. The van der Waals surface area contributed by atoms with Gasteiger partial charge in [-0.25, -0.2) is 17.9 Å². The number of aryl methyl sites for hydroxylation is 1. The number of furan rings is 1. The SMILES string of the molecule is CCOC(=O)C1=C(C)N(c2ccc(Br)cc2)C(=O)/C1=C/c1ccc(CNS(=O)(=O)c2ccc(C)cc2)o1. The fraction of sp³-hybridized carbons (Fsp3) is 0.185. The molecule has 0 aliphatic carbocycles. The third-order valence-corrected chi connectivity index (χ3v) is 7.65. The second-order valence-electron chi connectivity index (χ2n) is 8.30. The van der Waals surface area contributed by atoms with E-state index in [1.807, 2.05) is 6.92 Å². The predicted octanol–water partition coefficient (Wildman–Crippen LogP) is 5.10. The Kier molecular flexibility index (Phi) is 7.82. The van der Waals surface area contributed by atoms with E-state index < -0.39 is 21.9 Å². The zero-order valence-corrected chi connectivity index (χ0v) is 22.9. The number of sulfonamides is 1. The number of amides is 1. The molecule has 1 amide bonds. The molecule has 2 aromatic carbocycles. The summed E-state index contributed by atoms with van der Waals surface area (Å²) < 4.78 is 39.5. The van der Waals surface area contributed by atoms with Gasteiger partial charge in [0, 0.05) is 15.9 Å². The topological polar surface area (TPSA) is 106 Å².